The van der Waals surface area contributed by atoms with Crippen molar-refractivity contribution in [3.63, 3.8) is 0 Å². The van der Waals surface area contributed by atoms with Crippen molar-refractivity contribution < 1.29 is 14.3 Å². The molecule has 4 aliphatic rings. The lowest BCUT2D eigenvalue weighted by Crippen LogP contribution is -2.44. The molecular formula is C13H8Br6O3. The maximum atomic E-state index is 12.0. The van der Waals surface area contributed by atoms with Gasteiger partial charge < -0.3 is 4.74 Å². The zero-order valence-electron chi connectivity index (χ0n) is 10.7. The van der Waals surface area contributed by atoms with Crippen LogP contribution in [0.2, 0.25) is 0 Å². The summed E-state index contributed by atoms with van der Waals surface area (Å²) in [4.78, 5) is 24.0. The molecule has 0 spiro atoms. The number of hydrogen-bond acceptors (Lipinski definition) is 3. The Labute approximate surface area is 177 Å². The number of carbonyl (C=O) groups is 2. The van der Waals surface area contributed by atoms with Gasteiger partial charge in [-0.2, -0.15) is 0 Å². The Hall–Kier alpha value is 1.76. The van der Waals surface area contributed by atoms with Crippen LogP contribution in [0.15, 0.2) is 8.96 Å². The van der Waals surface area contributed by atoms with Crippen molar-refractivity contribution in [1.82, 2.24) is 0 Å². The van der Waals surface area contributed by atoms with Gasteiger partial charge in [0.05, 0.1) is 20.5 Å². The number of hydrogen-bond donors (Lipinski definition) is 0. The third kappa shape index (κ3) is 1.63. The molecule has 4 rings (SSSR count). The van der Waals surface area contributed by atoms with Gasteiger partial charge in [-0.3, -0.25) is 9.59 Å². The van der Waals surface area contributed by atoms with Gasteiger partial charge in [0, 0.05) is 8.96 Å². The summed E-state index contributed by atoms with van der Waals surface area (Å²) in [6.45, 7) is 0. The summed E-state index contributed by atoms with van der Waals surface area (Å²) in [5.41, 5.74) is 0. The number of ether oxygens (including phenoxy) is 1. The molecule has 0 aromatic rings. The summed E-state index contributed by atoms with van der Waals surface area (Å²) >= 11 is 23.0. The first-order valence-electron chi connectivity index (χ1n) is 6.65. The normalized spacial score (nSPS) is 51.9. The molecule has 22 heavy (non-hydrogen) atoms. The fourth-order valence-electron chi connectivity index (χ4n) is 4.51. The summed E-state index contributed by atoms with van der Waals surface area (Å²) in [6.07, 6.45) is 1.26. The number of halogens is 6. The minimum absolute atomic E-state index is 0.181. The van der Waals surface area contributed by atoms with Crippen LogP contribution < -0.4 is 0 Å². The summed E-state index contributed by atoms with van der Waals surface area (Å²) < 4.78 is 5.60. The van der Waals surface area contributed by atoms with Gasteiger partial charge >= 0.3 is 11.9 Å². The highest BCUT2D eigenvalue weighted by Crippen LogP contribution is 2.81. The van der Waals surface area contributed by atoms with Crippen LogP contribution in [0.4, 0.5) is 0 Å². The number of cyclic esters (lactones) is 2. The number of alkyl halides is 4. The van der Waals surface area contributed by atoms with Crippen molar-refractivity contribution in [2.45, 2.75) is 24.7 Å². The van der Waals surface area contributed by atoms with Gasteiger partial charge in [0.2, 0.25) is 0 Å². The molecule has 2 saturated carbocycles. The third-order valence-corrected chi connectivity index (χ3v) is 17.0. The molecule has 6 unspecified atom stereocenters. The van der Waals surface area contributed by atoms with Crippen LogP contribution in [0.3, 0.4) is 0 Å². The van der Waals surface area contributed by atoms with Crippen LogP contribution in [-0.4, -0.2) is 23.8 Å². The largest absolute Gasteiger partial charge is 0.393 e. The molecule has 2 bridgehead atoms. The van der Waals surface area contributed by atoms with E-state index in [9.17, 15) is 9.59 Å². The van der Waals surface area contributed by atoms with Gasteiger partial charge in [-0.15, -0.1) is 0 Å². The monoisotopic (exact) mass is 686 g/mol. The highest BCUT2D eigenvalue weighted by molar-refractivity contribution is 9.27. The minimum Gasteiger partial charge on any atom is -0.393 e. The summed E-state index contributed by atoms with van der Waals surface area (Å²) in [5, 5.41) is 0. The van der Waals surface area contributed by atoms with E-state index in [1.807, 2.05) is 0 Å². The van der Waals surface area contributed by atoms with E-state index < -0.39 is 11.9 Å². The molecule has 0 aromatic carbocycles. The first-order valence-corrected chi connectivity index (χ1v) is 11.4. The van der Waals surface area contributed by atoms with E-state index in [2.05, 4.69) is 95.6 Å². The topological polar surface area (TPSA) is 43.4 Å². The summed E-state index contributed by atoms with van der Waals surface area (Å²) in [5.74, 6) is -1.03. The molecular weight excluding hydrogens is 684 g/mol. The number of rotatable bonds is 0. The molecule has 0 aromatic heterocycles. The SMILES string of the molecule is O=C1OC(=O)C2CC3C(CC12)C1(Br)C(Br)=C(Br)C3(Br)C1(Br)Br. The Morgan fingerprint density at radius 3 is 1.55 bits per heavy atom. The zero-order valence-corrected chi connectivity index (χ0v) is 20.2. The van der Waals surface area contributed by atoms with Gasteiger partial charge in [-0.25, -0.2) is 0 Å². The van der Waals surface area contributed by atoms with Crippen molar-refractivity contribution in [3.05, 3.63) is 8.96 Å². The second-order valence-electron chi connectivity index (χ2n) is 6.26. The Morgan fingerprint density at radius 1 is 0.818 bits per heavy atom. The second kappa shape index (κ2) is 4.93. The Balaban J connectivity index is 1.87. The predicted molar refractivity (Wildman–Crippen MR) is 103 cm³/mol. The fraction of sp³-hybridized carbons (Fsp3) is 0.692. The second-order valence-corrected chi connectivity index (χ2v) is 13.8. The van der Waals surface area contributed by atoms with Crippen LogP contribution in [-0.2, 0) is 14.3 Å². The smallest absolute Gasteiger partial charge is 0.317 e. The van der Waals surface area contributed by atoms with E-state index in [4.69, 9.17) is 4.74 Å². The molecule has 3 nitrogen and oxygen atoms in total. The van der Waals surface area contributed by atoms with Crippen molar-refractivity contribution in [2.24, 2.45) is 23.7 Å². The number of esters is 2. The molecule has 3 fully saturated rings. The predicted octanol–water partition coefficient (Wildman–Crippen LogP) is 5.11. The van der Waals surface area contributed by atoms with E-state index in [1.54, 1.807) is 0 Å². The van der Waals surface area contributed by atoms with Gasteiger partial charge in [0.25, 0.3) is 0 Å². The Kier molecular flexibility index (Phi) is 3.85. The number of allylic oxidation sites excluding steroid dienone is 2. The first kappa shape index (κ1) is 17.2. The molecule has 1 aliphatic heterocycles. The highest BCUT2D eigenvalue weighted by Gasteiger charge is 2.81. The molecule has 1 heterocycles. The molecule has 6 atom stereocenters. The Morgan fingerprint density at radius 2 is 1.18 bits per heavy atom. The number of carbonyl (C=O) groups excluding carboxylic acids is 2. The molecule has 0 radical (unpaired) electrons. The van der Waals surface area contributed by atoms with E-state index in [-0.39, 0.29) is 35.6 Å². The lowest BCUT2D eigenvalue weighted by atomic mass is 9.65. The van der Waals surface area contributed by atoms with Crippen molar-refractivity contribution in [1.29, 1.82) is 0 Å². The van der Waals surface area contributed by atoms with Crippen LogP contribution in [0.1, 0.15) is 12.8 Å². The molecule has 0 N–H and O–H groups in total. The molecule has 1 saturated heterocycles. The highest BCUT2D eigenvalue weighted by atomic mass is 79.9. The maximum Gasteiger partial charge on any atom is 0.317 e. The summed E-state index contributed by atoms with van der Waals surface area (Å²) in [7, 11) is 0. The van der Waals surface area contributed by atoms with E-state index in [0.717, 1.165) is 8.96 Å². The average molecular weight is 692 g/mol. The van der Waals surface area contributed by atoms with Crippen molar-refractivity contribution >= 4 is 108 Å². The van der Waals surface area contributed by atoms with Crippen molar-refractivity contribution in [3.8, 4) is 0 Å². The lowest BCUT2D eigenvalue weighted by molar-refractivity contribution is -0.153. The first-order chi connectivity index (χ1) is 10.1. The fourth-order valence-corrected chi connectivity index (χ4v) is 12.2. The van der Waals surface area contributed by atoms with E-state index in [0.29, 0.717) is 12.8 Å². The van der Waals surface area contributed by atoms with Gasteiger partial charge in [0.15, 0.2) is 0 Å². The number of fused-ring (bicyclic) bond motifs is 6. The minimum atomic E-state index is -0.474. The van der Waals surface area contributed by atoms with Crippen molar-refractivity contribution in [2.75, 3.05) is 0 Å². The van der Waals surface area contributed by atoms with Crippen LogP contribution in [0, 0.1) is 23.7 Å². The van der Waals surface area contributed by atoms with Crippen LogP contribution in [0.25, 0.3) is 0 Å². The van der Waals surface area contributed by atoms with Gasteiger partial charge in [-0.1, -0.05) is 95.6 Å². The third-order valence-electron chi connectivity index (χ3n) is 5.56. The molecule has 120 valence electrons. The van der Waals surface area contributed by atoms with E-state index in [1.165, 1.54) is 0 Å². The average Bonchev–Trinajstić information content (AvgIpc) is 2.85. The van der Waals surface area contributed by atoms with Crippen LogP contribution >= 0.6 is 95.6 Å². The quantitative estimate of drug-likeness (QED) is 0.202. The summed E-state index contributed by atoms with van der Waals surface area (Å²) in [6, 6.07) is 0. The van der Waals surface area contributed by atoms with E-state index >= 15 is 0 Å². The maximum absolute atomic E-state index is 12.0. The van der Waals surface area contributed by atoms with Gasteiger partial charge in [0.1, 0.15) is 3.23 Å². The molecule has 9 heteroatoms. The standard InChI is InChI=1S/C13H8Br6O3/c14-7-8(15)12(17)6-2-4-3(9(20)22-10(4)21)1-5(6)11(7,16)13(12,18)19/h3-6H,1-2H2. The Bertz CT molecular complexity index is 608. The molecule has 0 amide bonds. The lowest BCUT2D eigenvalue weighted by Gasteiger charge is -2.43. The van der Waals surface area contributed by atoms with Gasteiger partial charge in [-0.05, 0) is 24.7 Å². The van der Waals surface area contributed by atoms with Crippen LogP contribution in [0.5, 0.6) is 0 Å². The zero-order chi connectivity index (χ0) is 16.2. The molecule has 3 aliphatic carbocycles.